The van der Waals surface area contributed by atoms with Crippen molar-refractivity contribution >= 4 is 28.3 Å². The summed E-state index contributed by atoms with van der Waals surface area (Å²) in [5.41, 5.74) is 1.61. The first-order valence-electron chi connectivity index (χ1n) is 5.36. The summed E-state index contributed by atoms with van der Waals surface area (Å²) in [6.45, 7) is 0.551. The van der Waals surface area contributed by atoms with Crippen LogP contribution in [0.15, 0.2) is 24.3 Å². The molecule has 1 rings (SSSR count). The lowest BCUT2D eigenvalue weighted by molar-refractivity contribution is 0.0954. The monoisotopic (exact) mass is 273 g/mol. The Kier molecular flexibility index (Phi) is 6.22. The summed E-state index contributed by atoms with van der Waals surface area (Å²) in [7, 11) is -0.795. The molecule has 0 aliphatic carbocycles. The minimum absolute atomic E-state index is 0.104. The number of hydrogen-bond acceptors (Lipinski definition) is 2. The van der Waals surface area contributed by atoms with Gasteiger partial charge in [-0.1, -0.05) is 12.1 Å². The first kappa shape index (κ1) is 14.2. The van der Waals surface area contributed by atoms with Gasteiger partial charge < -0.3 is 5.32 Å². The number of benzene rings is 1. The molecular formula is C12H16ClNO2S. The Labute approximate surface area is 109 Å². The van der Waals surface area contributed by atoms with Crippen LogP contribution in [0.5, 0.6) is 0 Å². The van der Waals surface area contributed by atoms with Crippen molar-refractivity contribution in [2.75, 3.05) is 18.6 Å². The standard InChI is InChI=1S/C12H16ClNO2S/c1-17(16)8-2-7-14-12(15)11-5-3-10(9-13)4-6-11/h3-6H,2,7-9H2,1H3,(H,14,15). The maximum absolute atomic E-state index is 11.7. The highest BCUT2D eigenvalue weighted by molar-refractivity contribution is 7.84. The van der Waals surface area contributed by atoms with E-state index >= 15 is 0 Å². The molecule has 0 heterocycles. The molecule has 0 aromatic heterocycles. The van der Waals surface area contributed by atoms with E-state index in [9.17, 15) is 9.00 Å². The molecular weight excluding hydrogens is 258 g/mol. The molecule has 1 aromatic carbocycles. The van der Waals surface area contributed by atoms with E-state index < -0.39 is 10.8 Å². The van der Waals surface area contributed by atoms with E-state index in [2.05, 4.69) is 5.32 Å². The van der Waals surface area contributed by atoms with Crippen molar-refractivity contribution in [2.24, 2.45) is 0 Å². The number of halogens is 1. The Bertz CT molecular complexity index is 392. The Balaban J connectivity index is 2.38. The first-order valence-corrected chi connectivity index (χ1v) is 7.63. The van der Waals surface area contributed by atoms with E-state index in [4.69, 9.17) is 11.6 Å². The van der Waals surface area contributed by atoms with Gasteiger partial charge in [-0.25, -0.2) is 0 Å². The van der Waals surface area contributed by atoms with Crippen LogP contribution in [0, 0.1) is 0 Å². The van der Waals surface area contributed by atoms with Crippen LogP contribution in [0.2, 0.25) is 0 Å². The fourth-order valence-electron chi connectivity index (χ4n) is 1.32. The number of carbonyl (C=O) groups is 1. The molecule has 0 aliphatic heterocycles. The SMILES string of the molecule is CS(=O)CCCNC(=O)c1ccc(CCl)cc1. The molecule has 94 valence electrons. The predicted octanol–water partition coefficient (Wildman–Crippen LogP) is 1.92. The number of hydrogen-bond donors (Lipinski definition) is 1. The van der Waals surface area contributed by atoms with Crippen molar-refractivity contribution in [2.45, 2.75) is 12.3 Å². The molecule has 1 N–H and O–H groups in total. The molecule has 1 amide bonds. The third-order valence-electron chi connectivity index (χ3n) is 2.26. The van der Waals surface area contributed by atoms with Crippen molar-refractivity contribution in [1.82, 2.24) is 5.32 Å². The van der Waals surface area contributed by atoms with E-state index in [0.717, 1.165) is 12.0 Å². The number of nitrogens with one attached hydrogen (secondary N) is 1. The Morgan fingerprint density at radius 2 is 2.00 bits per heavy atom. The Morgan fingerprint density at radius 3 is 2.53 bits per heavy atom. The number of alkyl halides is 1. The number of amides is 1. The van der Waals surface area contributed by atoms with E-state index in [-0.39, 0.29) is 5.91 Å². The van der Waals surface area contributed by atoms with Crippen LogP contribution in [0.4, 0.5) is 0 Å². The van der Waals surface area contributed by atoms with Gasteiger partial charge in [0.15, 0.2) is 0 Å². The zero-order valence-electron chi connectivity index (χ0n) is 9.74. The van der Waals surface area contributed by atoms with Crippen molar-refractivity contribution < 1.29 is 9.00 Å². The molecule has 17 heavy (non-hydrogen) atoms. The number of rotatable bonds is 6. The molecule has 0 saturated heterocycles. The predicted molar refractivity (Wildman–Crippen MR) is 71.9 cm³/mol. The molecule has 1 aromatic rings. The lowest BCUT2D eigenvalue weighted by Gasteiger charge is -2.05. The van der Waals surface area contributed by atoms with Crippen LogP contribution >= 0.6 is 11.6 Å². The minimum atomic E-state index is -0.795. The molecule has 3 nitrogen and oxygen atoms in total. The van der Waals surface area contributed by atoms with Crippen molar-refractivity contribution in [3.05, 3.63) is 35.4 Å². The third kappa shape index (κ3) is 5.33. The van der Waals surface area contributed by atoms with E-state index in [0.29, 0.717) is 23.7 Å². The van der Waals surface area contributed by atoms with E-state index in [1.54, 1.807) is 18.4 Å². The van der Waals surface area contributed by atoms with Gasteiger partial charge in [-0.05, 0) is 24.1 Å². The van der Waals surface area contributed by atoms with Gasteiger partial charge in [-0.15, -0.1) is 11.6 Å². The molecule has 0 aliphatic rings. The van der Waals surface area contributed by atoms with Gasteiger partial charge in [0.25, 0.3) is 5.91 Å². The second kappa shape index (κ2) is 7.45. The minimum Gasteiger partial charge on any atom is -0.352 e. The van der Waals surface area contributed by atoms with Crippen LogP contribution in [0.3, 0.4) is 0 Å². The van der Waals surface area contributed by atoms with E-state index in [1.165, 1.54) is 0 Å². The van der Waals surface area contributed by atoms with Crippen LogP contribution in [-0.4, -0.2) is 28.7 Å². The average molecular weight is 274 g/mol. The highest BCUT2D eigenvalue weighted by Gasteiger charge is 2.04. The topological polar surface area (TPSA) is 46.2 Å². The molecule has 0 spiro atoms. The fraction of sp³-hybridized carbons (Fsp3) is 0.417. The highest BCUT2D eigenvalue weighted by atomic mass is 35.5. The summed E-state index contributed by atoms with van der Waals surface area (Å²) in [6.07, 6.45) is 2.39. The largest absolute Gasteiger partial charge is 0.352 e. The fourth-order valence-corrected chi connectivity index (χ4v) is 2.05. The second-order valence-corrected chi connectivity index (χ2v) is 5.54. The highest BCUT2D eigenvalue weighted by Crippen LogP contribution is 2.06. The van der Waals surface area contributed by atoms with Crippen LogP contribution in [-0.2, 0) is 16.7 Å². The molecule has 5 heteroatoms. The summed E-state index contributed by atoms with van der Waals surface area (Å²) in [6, 6.07) is 7.18. The van der Waals surface area contributed by atoms with Gasteiger partial charge >= 0.3 is 0 Å². The molecule has 1 atom stereocenters. The van der Waals surface area contributed by atoms with Gasteiger partial charge in [0.1, 0.15) is 0 Å². The Morgan fingerprint density at radius 1 is 1.35 bits per heavy atom. The van der Waals surface area contributed by atoms with Crippen molar-refractivity contribution in [3.8, 4) is 0 Å². The summed E-state index contributed by atoms with van der Waals surface area (Å²) < 4.78 is 10.8. The maximum atomic E-state index is 11.7. The summed E-state index contributed by atoms with van der Waals surface area (Å²) in [5.74, 6) is 0.961. The first-order chi connectivity index (χ1) is 8.13. The van der Waals surface area contributed by atoms with Crippen LogP contribution in [0.25, 0.3) is 0 Å². The molecule has 0 radical (unpaired) electrons. The molecule has 0 fully saturated rings. The zero-order valence-corrected chi connectivity index (χ0v) is 11.3. The smallest absolute Gasteiger partial charge is 0.251 e. The summed E-state index contributed by atoms with van der Waals surface area (Å²) in [5, 5.41) is 2.79. The van der Waals surface area contributed by atoms with Crippen molar-refractivity contribution in [1.29, 1.82) is 0 Å². The van der Waals surface area contributed by atoms with Gasteiger partial charge in [0.05, 0.1) is 0 Å². The van der Waals surface area contributed by atoms with Crippen LogP contribution in [0.1, 0.15) is 22.3 Å². The lowest BCUT2D eigenvalue weighted by atomic mass is 10.1. The van der Waals surface area contributed by atoms with Gasteiger partial charge in [-0.3, -0.25) is 9.00 Å². The average Bonchev–Trinajstić information content (AvgIpc) is 2.34. The molecule has 0 bridgehead atoms. The third-order valence-corrected chi connectivity index (χ3v) is 3.44. The zero-order chi connectivity index (χ0) is 12.7. The van der Waals surface area contributed by atoms with Gasteiger partial charge in [-0.2, -0.15) is 0 Å². The summed E-state index contributed by atoms with van der Waals surface area (Å²) in [4.78, 5) is 11.7. The number of carbonyl (C=O) groups excluding carboxylic acids is 1. The van der Waals surface area contributed by atoms with Crippen LogP contribution < -0.4 is 5.32 Å². The normalized spacial score (nSPS) is 12.1. The summed E-state index contributed by atoms with van der Waals surface area (Å²) >= 11 is 5.66. The second-order valence-electron chi connectivity index (χ2n) is 3.72. The van der Waals surface area contributed by atoms with Gasteiger partial charge in [0.2, 0.25) is 0 Å². The molecule has 1 unspecified atom stereocenters. The Hall–Kier alpha value is -0.870. The maximum Gasteiger partial charge on any atom is 0.251 e. The molecule has 0 saturated carbocycles. The lowest BCUT2D eigenvalue weighted by Crippen LogP contribution is -2.25. The van der Waals surface area contributed by atoms with Crippen molar-refractivity contribution in [3.63, 3.8) is 0 Å². The van der Waals surface area contributed by atoms with Gasteiger partial charge in [0, 0.05) is 40.8 Å². The quantitative estimate of drug-likeness (QED) is 0.636. The van der Waals surface area contributed by atoms with E-state index in [1.807, 2.05) is 12.1 Å².